The Morgan fingerprint density at radius 3 is 2.36 bits per heavy atom. The Balaban J connectivity index is 2.97. The van der Waals surface area contributed by atoms with Gasteiger partial charge < -0.3 is 0 Å². The molecular weight excluding hydrogens is 152 g/mol. The van der Waals surface area contributed by atoms with E-state index >= 15 is 0 Å². The minimum absolute atomic E-state index is 0.687. The van der Waals surface area contributed by atoms with Gasteiger partial charge in [-0.3, -0.25) is 0 Å². The summed E-state index contributed by atoms with van der Waals surface area (Å²) in [5.74, 6) is 0.687. The van der Waals surface area contributed by atoms with Crippen LogP contribution in [-0.4, -0.2) is 0 Å². The Bertz CT molecular complexity index is 233. The van der Waals surface area contributed by atoms with Crippen LogP contribution < -0.4 is 0 Å². The van der Waals surface area contributed by atoms with Crippen molar-refractivity contribution in [2.24, 2.45) is 0 Å². The van der Waals surface area contributed by atoms with E-state index in [0.717, 1.165) is 0 Å². The average molecular weight is 168 g/mol. The lowest BCUT2D eigenvalue weighted by molar-refractivity contribution is 0.863. The van der Waals surface area contributed by atoms with E-state index in [1.165, 1.54) is 21.7 Å². The van der Waals surface area contributed by atoms with Gasteiger partial charge in [0.25, 0.3) is 0 Å². The third-order valence-electron chi connectivity index (χ3n) is 1.98. The lowest BCUT2D eigenvalue weighted by Gasteiger charge is -2.01. The van der Waals surface area contributed by atoms with Gasteiger partial charge in [-0.05, 0) is 30.9 Å². The molecule has 0 atom stereocenters. The van der Waals surface area contributed by atoms with Gasteiger partial charge in [-0.15, -0.1) is 11.3 Å². The number of thiophene rings is 1. The standard InChI is InChI=1S/C10H16S/c1-5-9-6-10(7(2)3)8(4)11-9/h6-7H,5H2,1-4H3. The van der Waals surface area contributed by atoms with Gasteiger partial charge >= 0.3 is 0 Å². The molecule has 0 saturated heterocycles. The zero-order chi connectivity index (χ0) is 8.43. The van der Waals surface area contributed by atoms with E-state index in [1.807, 2.05) is 11.3 Å². The zero-order valence-corrected chi connectivity index (χ0v) is 8.59. The summed E-state index contributed by atoms with van der Waals surface area (Å²) in [7, 11) is 0. The van der Waals surface area contributed by atoms with Crippen LogP contribution in [0.1, 0.15) is 42.0 Å². The van der Waals surface area contributed by atoms with E-state index in [0.29, 0.717) is 5.92 Å². The van der Waals surface area contributed by atoms with Crippen LogP contribution in [0.4, 0.5) is 0 Å². The Morgan fingerprint density at radius 1 is 1.45 bits per heavy atom. The van der Waals surface area contributed by atoms with Crippen molar-refractivity contribution in [3.63, 3.8) is 0 Å². The number of hydrogen-bond donors (Lipinski definition) is 0. The third-order valence-corrected chi connectivity index (χ3v) is 3.19. The van der Waals surface area contributed by atoms with Crippen molar-refractivity contribution in [3.8, 4) is 0 Å². The van der Waals surface area contributed by atoms with E-state index in [-0.39, 0.29) is 0 Å². The average Bonchev–Trinajstić information content (AvgIpc) is 2.30. The van der Waals surface area contributed by atoms with E-state index in [4.69, 9.17) is 0 Å². The second-order valence-electron chi connectivity index (χ2n) is 3.23. The van der Waals surface area contributed by atoms with Crippen molar-refractivity contribution in [1.82, 2.24) is 0 Å². The monoisotopic (exact) mass is 168 g/mol. The fourth-order valence-electron chi connectivity index (χ4n) is 1.31. The van der Waals surface area contributed by atoms with Crippen LogP contribution in [0.2, 0.25) is 0 Å². The second-order valence-corrected chi connectivity index (χ2v) is 4.57. The van der Waals surface area contributed by atoms with Crippen LogP contribution in [0.3, 0.4) is 0 Å². The van der Waals surface area contributed by atoms with Gasteiger partial charge in [-0.25, -0.2) is 0 Å². The summed E-state index contributed by atoms with van der Waals surface area (Å²) in [4.78, 5) is 3.02. The van der Waals surface area contributed by atoms with Crippen molar-refractivity contribution < 1.29 is 0 Å². The van der Waals surface area contributed by atoms with E-state index in [2.05, 4.69) is 33.8 Å². The summed E-state index contributed by atoms with van der Waals surface area (Å²) in [6.07, 6.45) is 1.18. The lowest BCUT2D eigenvalue weighted by atomic mass is 10.0. The summed E-state index contributed by atoms with van der Waals surface area (Å²) >= 11 is 1.94. The first kappa shape index (κ1) is 8.79. The normalized spacial score (nSPS) is 11.0. The molecule has 0 unspecified atom stereocenters. The Kier molecular flexibility index (Phi) is 2.72. The maximum absolute atomic E-state index is 2.35. The Hall–Kier alpha value is -0.300. The lowest BCUT2D eigenvalue weighted by Crippen LogP contribution is -1.84. The summed E-state index contributed by atoms with van der Waals surface area (Å²) in [5, 5.41) is 0. The largest absolute Gasteiger partial charge is 0.145 e. The first-order valence-corrected chi connectivity index (χ1v) is 5.06. The molecule has 0 bridgehead atoms. The fourth-order valence-corrected chi connectivity index (χ4v) is 2.44. The molecule has 0 aliphatic rings. The molecule has 0 fully saturated rings. The highest BCUT2D eigenvalue weighted by molar-refractivity contribution is 7.12. The van der Waals surface area contributed by atoms with Crippen molar-refractivity contribution in [3.05, 3.63) is 21.4 Å². The van der Waals surface area contributed by atoms with Crippen LogP contribution in [0.5, 0.6) is 0 Å². The van der Waals surface area contributed by atoms with E-state index in [1.54, 1.807) is 0 Å². The maximum Gasteiger partial charge on any atom is 0.00517 e. The van der Waals surface area contributed by atoms with Gasteiger partial charge in [0.1, 0.15) is 0 Å². The summed E-state index contributed by atoms with van der Waals surface area (Å²) in [6, 6.07) is 2.35. The Morgan fingerprint density at radius 2 is 2.09 bits per heavy atom. The highest BCUT2D eigenvalue weighted by atomic mass is 32.1. The predicted octanol–water partition coefficient (Wildman–Crippen LogP) is 3.74. The molecule has 0 amide bonds. The molecule has 1 heterocycles. The highest BCUT2D eigenvalue weighted by Gasteiger charge is 2.06. The third kappa shape index (κ3) is 1.84. The molecule has 11 heavy (non-hydrogen) atoms. The Labute approximate surface area is 73.3 Å². The summed E-state index contributed by atoms with van der Waals surface area (Å²) in [5.41, 5.74) is 1.53. The van der Waals surface area contributed by atoms with Gasteiger partial charge in [0, 0.05) is 9.75 Å². The van der Waals surface area contributed by atoms with Crippen LogP contribution in [0.15, 0.2) is 6.07 Å². The SMILES string of the molecule is CCc1cc(C(C)C)c(C)s1. The van der Waals surface area contributed by atoms with Gasteiger partial charge in [0.05, 0.1) is 0 Å². The molecule has 0 aliphatic heterocycles. The van der Waals surface area contributed by atoms with Crippen LogP contribution >= 0.6 is 11.3 Å². The minimum atomic E-state index is 0.687. The van der Waals surface area contributed by atoms with Crippen molar-refractivity contribution in [2.45, 2.75) is 40.0 Å². The van der Waals surface area contributed by atoms with Crippen molar-refractivity contribution in [1.29, 1.82) is 0 Å². The van der Waals surface area contributed by atoms with Gasteiger partial charge in [-0.1, -0.05) is 20.8 Å². The molecule has 1 aromatic rings. The molecule has 1 heteroatoms. The first-order valence-electron chi connectivity index (χ1n) is 4.24. The molecule has 0 N–H and O–H groups in total. The topological polar surface area (TPSA) is 0 Å². The van der Waals surface area contributed by atoms with Gasteiger partial charge in [0.2, 0.25) is 0 Å². The molecule has 62 valence electrons. The summed E-state index contributed by atoms with van der Waals surface area (Å²) < 4.78 is 0. The van der Waals surface area contributed by atoms with Crippen molar-refractivity contribution >= 4 is 11.3 Å². The molecule has 0 spiro atoms. The van der Waals surface area contributed by atoms with Crippen LogP contribution in [0, 0.1) is 6.92 Å². The first-order chi connectivity index (χ1) is 5.15. The van der Waals surface area contributed by atoms with Gasteiger partial charge in [0.15, 0.2) is 0 Å². The maximum atomic E-state index is 2.35. The molecule has 0 aliphatic carbocycles. The predicted molar refractivity (Wildman–Crippen MR) is 52.5 cm³/mol. The van der Waals surface area contributed by atoms with E-state index in [9.17, 15) is 0 Å². The van der Waals surface area contributed by atoms with Crippen molar-refractivity contribution in [2.75, 3.05) is 0 Å². The summed E-state index contributed by atoms with van der Waals surface area (Å²) in [6.45, 7) is 8.96. The zero-order valence-electron chi connectivity index (χ0n) is 7.77. The quantitative estimate of drug-likeness (QED) is 0.631. The van der Waals surface area contributed by atoms with Crippen LogP contribution in [0.25, 0.3) is 0 Å². The van der Waals surface area contributed by atoms with Crippen LogP contribution in [-0.2, 0) is 6.42 Å². The molecule has 0 radical (unpaired) electrons. The van der Waals surface area contributed by atoms with E-state index < -0.39 is 0 Å². The molecule has 0 aromatic carbocycles. The smallest absolute Gasteiger partial charge is 0.00517 e. The highest BCUT2D eigenvalue weighted by Crippen LogP contribution is 2.27. The number of hydrogen-bond acceptors (Lipinski definition) is 1. The molecular formula is C10H16S. The molecule has 0 saturated carbocycles. The molecule has 1 aromatic heterocycles. The fraction of sp³-hybridized carbons (Fsp3) is 0.600. The number of rotatable bonds is 2. The number of aryl methyl sites for hydroxylation is 2. The van der Waals surface area contributed by atoms with Gasteiger partial charge in [-0.2, -0.15) is 0 Å². The second kappa shape index (κ2) is 3.40. The molecule has 1 rings (SSSR count). The minimum Gasteiger partial charge on any atom is -0.145 e. The molecule has 0 nitrogen and oxygen atoms in total.